The first-order chi connectivity index (χ1) is 9.54. The highest BCUT2D eigenvalue weighted by atomic mass is 127. The number of halogens is 1. The molecular formula is C13H11IN2O4. The molecule has 0 aliphatic carbocycles. The Labute approximate surface area is 128 Å². The van der Waals surface area contributed by atoms with Gasteiger partial charge in [-0.25, -0.2) is 4.79 Å². The summed E-state index contributed by atoms with van der Waals surface area (Å²) in [5, 5.41) is 6.18. The predicted molar refractivity (Wildman–Crippen MR) is 79.3 cm³/mol. The van der Waals surface area contributed by atoms with Crippen LogP contribution in [0, 0.1) is 10.5 Å². The molecule has 1 amide bonds. The standard InChI is InChI=1S/C13H11IN2O4/c1-8-6-11(20-16-8)13(18)19-7-12(17)15-10-4-2-9(14)3-5-10/h2-6H,7H2,1H3,(H,15,17). The number of nitrogens with zero attached hydrogens (tertiary/aromatic N) is 1. The van der Waals surface area contributed by atoms with Crippen LogP contribution in [0.2, 0.25) is 0 Å². The lowest BCUT2D eigenvalue weighted by atomic mass is 10.3. The zero-order chi connectivity index (χ0) is 14.5. The molecule has 0 unspecified atom stereocenters. The second-order valence-corrected chi connectivity index (χ2v) is 5.21. The highest BCUT2D eigenvalue weighted by Crippen LogP contribution is 2.11. The highest BCUT2D eigenvalue weighted by molar-refractivity contribution is 14.1. The molecule has 2 rings (SSSR count). The average molecular weight is 386 g/mol. The van der Waals surface area contributed by atoms with E-state index in [-0.39, 0.29) is 12.4 Å². The van der Waals surface area contributed by atoms with Crippen molar-refractivity contribution in [1.82, 2.24) is 5.16 Å². The Kier molecular flexibility index (Phi) is 4.72. The van der Waals surface area contributed by atoms with Gasteiger partial charge in [0.15, 0.2) is 6.61 Å². The minimum absolute atomic E-state index is 0.0236. The largest absolute Gasteiger partial charge is 0.450 e. The Balaban J connectivity index is 1.83. The molecular weight excluding hydrogens is 375 g/mol. The quantitative estimate of drug-likeness (QED) is 0.645. The lowest BCUT2D eigenvalue weighted by molar-refractivity contribution is -0.119. The van der Waals surface area contributed by atoms with Gasteiger partial charge in [0.1, 0.15) is 0 Å². The lowest BCUT2D eigenvalue weighted by Crippen LogP contribution is -2.20. The first-order valence-corrected chi connectivity index (χ1v) is 6.78. The number of ether oxygens (including phenoxy) is 1. The molecule has 1 aromatic carbocycles. The maximum absolute atomic E-state index is 11.6. The number of aryl methyl sites for hydroxylation is 1. The van der Waals surface area contributed by atoms with Crippen LogP contribution < -0.4 is 5.32 Å². The first kappa shape index (κ1) is 14.5. The molecule has 6 nitrogen and oxygen atoms in total. The van der Waals surface area contributed by atoms with Crippen molar-refractivity contribution in [2.75, 3.05) is 11.9 Å². The average Bonchev–Trinajstić information content (AvgIpc) is 2.85. The van der Waals surface area contributed by atoms with Crippen LogP contribution in [-0.2, 0) is 9.53 Å². The van der Waals surface area contributed by atoms with Gasteiger partial charge in [0, 0.05) is 15.3 Å². The number of aromatic nitrogens is 1. The minimum atomic E-state index is -0.719. The predicted octanol–water partition coefficient (Wildman–Crippen LogP) is 2.38. The summed E-state index contributed by atoms with van der Waals surface area (Å²) in [5.41, 5.74) is 1.21. The van der Waals surface area contributed by atoms with Gasteiger partial charge in [-0.1, -0.05) is 5.16 Å². The molecule has 0 fully saturated rings. The number of rotatable bonds is 4. The molecule has 0 spiro atoms. The SMILES string of the molecule is Cc1cc(C(=O)OCC(=O)Nc2ccc(I)cc2)on1. The molecule has 20 heavy (non-hydrogen) atoms. The maximum atomic E-state index is 11.6. The molecule has 0 atom stereocenters. The van der Waals surface area contributed by atoms with Crippen LogP contribution >= 0.6 is 22.6 Å². The molecule has 1 aromatic heterocycles. The molecule has 0 bridgehead atoms. The van der Waals surface area contributed by atoms with Gasteiger partial charge < -0.3 is 14.6 Å². The van der Waals surface area contributed by atoms with Gasteiger partial charge in [0.05, 0.1) is 5.69 Å². The third-order valence-corrected chi connectivity index (χ3v) is 3.01. The molecule has 2 aromatic rings. The van der Waals surface area contributed by atoms with Gasteiger partial charge in [-0.3, -0.25) is 4.79 Å². The van der Waals surface area contributed by atoms with Crippen molar-refractivity contribution >= 4 is 40.2 Å². The Bertz CT molecular complexity index is 622. The van der Waals surface area contributed by atoms with Crippen LogP contribution in [0.15, 0.2) is 34.9 Å². The summed E-state index contributed by atoms with van der Waals surface area (Å²) in [7, 11) is 0. The number of benzene rings is 1. The Morgan fingerprint density at radius 1 is 1.35 bits per heavy atom. The fraction of sp³-hybridized carbons (Fsp3) is 0.154. The van der Waals surface area contributed by atoms with E-state index in [1.807, 2.05) is 12.1 Å². The summed E-state index contributed by atoms with van der Waals surface area (Å²) < 4.78 is 10.6. The van der Waals surface area contributed by atoms with E-state index in [9.17, 15) is 9.59 Å². The van der Waals surface area contributed by atoms with Crippen molar-refractivity contribution in [2.24, 2.45) is 0 Å². The molecule has 0 radical (unpaired) electrons. The summed E-state index contributed by atoms with van der Waals surface area (Å²) in [6.45, 7) is 1.30. The van der Waals surface area contributed by atoms with Gasteiger partial charge in [-0.2, -0.15) is 0 Å². The molecule has 104 valence electrons. The number of anilines is 1. The van der Waals surface area contributed by atoms with E-state index in [0.29, 0.717) is 11.4 Å². The Morgan fingerprint density at radius 3 is 2.65 bits per heavy atom. The Hall–Kier alpha value is -1.90. The highest BCUT2D eigenvalue weighted by Gasteiger charge is 2.14. The van der Waals surface area contributed by atoms with E-state index in [0.717, 1.165) is 3.57 Å². The summed E-state index contributed by atoms with van der Waals surface area (Å²) >= 11 is 2.17. The van der Waals surface area contributed by atoms with E-state index in [4.69, 9.17) is 9.26 Å². The normalized spacial score (nSPS) is 10.1. The van der Waals surface area contributed by atoms with Gasteiger partial charge in [-0.15, -0.1) is 0 Å². The summed E-state index contributed by atoms with van der Waals surface area (Å²) in [5.74, 6) is -1.16. The lowest BCUT2D eigenvalue weighted by Gasteiger charge is -2.05. The van der Waals surface area contributed by atoms with Crippen molar-refractivity contribution in [3.63, 3.8) is 0 Å². The molecule has 0 saturated heterocycles. The van der Waals surface area contributed by atoms with Gasteiger partial charge in [0.25, 0.3) is 5.91 Å². The van der Waals surface area contributed by atoms with Crippen LogP contribution in [0.4, 0.5) is 5.69 Å². The molecule has 7 heteroatoms. The molecule has 0 aliphatic heterocycles. The number of carbonyl (C=O) groups is 2. The monoisotopic (exact) mass is 386 g/mol. The van der Waals surface area contributed by atoms with Gasteiger partial charge in [0.2, 0.25) is 5.76 Å². The zero-order valence-electron chi connectivity index (χ0n) is 10.6. The van der Waals surface area contributed by atoms with Crippen molar-refractivity contribution in [2.45, 2.75) is 6.92 Å². The molecule has 0 aliphatic rings. The van der Waals surface area contributed by atoms with E-state index >= 15 is 0 Å². The second kappa shape index (κ2) is 6.51. The van der Waals surface area contributed by atoms with E-state index in [1.54, 1.807) is 19.1 Å². The number of amides is 1. The number of carbonyl (C=O) groups excluding carboxylic acids is 2. The fourth-order valence-electron chi connectivity index (χ4n) is 1.39. The molecule has 1 heterocycles. The third-order valence-electron chi connectivity index (χ3n) is 2.29. The molecule has 1 N–H and O–H groups in total. The second-order valence-electron chi connectivity index (χ2n) is 3.96. The van der Waals surface area contributed by atoms with Crippen molar-refractivity contribution in [3.05, 3.63) is 45.4 Å². The minimum Gasteiger partial charge on any atom is -0.450 e. The van der Waals surface area contributed by atoms with Crippen LogP contribution in [0.25, 0.3) is 0 Å². The Morgan fingerprint density at radius 2 is 2.05 bits per heavy atom. The van der Waals surface area contributed by atoms with Gasteiger partial charge in [-0.05, 0) is 53.8 Å². The number of hydrogen-bond acceptors (Lipinski definition) is 5. The van der Waals surface area contributed by atoms with Crippen LogP contribution in [0.3, 0.4) is 0 Å². The maximum Gasteiger partial charge on any atom is 0.377 e. The van der Waals surface area contributed by atoms with E-state index in [2.05, 4.69) is 33.1 Å². The topological polar surface area (TPSA) is 81.4 Å². The van der Waals surface area contributed by atoms with E-state index in [1.165, 1.54) is 6.07 Å². The van der Waals surface area contributed by atoms with Crippen molar-refractivity contribution in [1.29, 1.82) is 0 Å². The van der Waals surface area contributed by atoms with Crippen LogP contribution in [0.5, 0.6) is 0 Å². The number of esters is 1. The van der Waals surface area contributed by atoms with Crippen LogP contribution in [0.1, 0.15) is 16.2 Å². The smallest absolute Gasteiger partial charge is 0.377 e. The summed E-state index contributed by atoms with van der Waals surface area (Å²) in [6, 6.07) is 8.70. The summed E-state index contributed by atoms with van der Waals surface area (Å²) in [4.78, 5) is 23.1. The number of nitrogens with one attached hydrogen (secondary N) is 1. The third kappa shape index (κ3) is 4.05. The molecule has 0 saturated carbocycles. The number of hydrogen-bond donors (Lipinski definition) is 1. The van der Waals surface area contributed by atoms with Crippen molar-refractivity contribution < 1.29 is 18.8 Å². The van der Waals surface area contributed by atoms with Crippen LogP contribution in [-0.4, -0.2) is 23.6 Å². The fourth-order valence-corrected chi connectivity index (χ4v) is 1.75. The first-order valence-electron chi connectivity index (χ1n) is 5.70. The zero-order valence-corrected chi connectivity index (χ0v) is 12.7. The summed E-state index contributed by atoms with van der Waals surface area (Å²) in [6.07, 6.45) is 0. The van der Waals surface area contributed by atoms with E-state index < -0.39 is 11.9 Å². The van der Waals surface area contributed by atoms with Crippen molar-refractivity contribution in [3.8, 4) is 0 Å². The van der Waals surface area contributed by atoms with Gasteiger partial charge >= 0.3 is 5.97 Å².